The van der Waals surface area contributed by atoms with Crippen molar-refractivity contribution in [3.8, 4) is 5.69 Å². The first-order valence-electron chi connectivity index (χ1n) is 8.47. The molecule has 0 N–H and O–H groups in total. The van der Waals surface area contributed by atoms with E-state index in [-0.39, 0.29) is 5.78 Å². The summed E-state index contributed by atoms with van der Waals surface area (Å²) in [6, 6.07) is 28.7. The largest absolute Gasteiger partial charge is 0.293 e. The van der Waals surface area contributed by atoms with Crippen LogP contribution in [0.25, 0.3) is 5.69 Å². The molecule has 6 heteroatoms. The van der Waals surface area contributed by atoms with Gasteiger partial charge in [0, 0.05) is 5.56 Å². The van der Waals surface area contributed by atoms with Crippen molar-refractivity contribution in [2.45, 2.75) is 10.4 Å². The van der Waals surface area contributed by atoms with E-state index in [1.807, 2.05) is 91.0 Å². The molecule has 0 saturated carbocycles. The number of para-hydroxylation sites is 1. The highest BCUT2D eigenvalue weighted by Crippen LogP contribution is 2.37. The van der Waals surface area contributed by atoms with Crippen LogP contribution in [0, 0.1) is 0 Å². The minimum absolute atomic E-state index is 0.0226. The molecule has 1 heterocycles. The normalized spacial score (nSPS) is 11.9. The molecule has 0 amide bonds. The fraction of sp³-hybridized carbons (Fsp3) is 0.0476. The van der Waals surface area contributed by atoms with E-state index < -0.39 is 5.25 Å². The van der Waals surface area contributed by atoms with E-state index in [0.717, 1.165) is 11.3 Å². The lowest BCUT2D eigenvalue weighted by molar-refractivity contribution is 0.0989. The average Bonchev–Trinajstić information content (AvgIpc) is 3.22. The molecule has 0 bridgehead atoms. The Morgan fingerprint density at radius 2 is 1.41 bits per heavy atom. The van der Waals surface area contributed by atoms with E-state index in [4.69, 9.17) is 0 Å². The van der Waals surface area contributed by atoms with Crippen LogP contribution >= 0.6 is 11.8 Å². The number of rotatable bonds is 6. The van der Waals surface area contributed by atoms with Crippen molar-refractivity contribution in [2.75, 3.05) is 0 Å². The molecule has 0 aliphatic carbocycles. The van der Waals surface area contributed by atoms with Gasteiger partial charge in [-0.05, 0) is 28.1 Å². The number of tetrazole rings is 1. The van der Waals surface area contributed by atoms with Crippen molar-refractivity contribution in [2.24, 2.45) is 0 Å². The molecule has 132 valence electrons. The van der Waals surface area contributed by atoms with Crippen LogP contribution in [-0.2, 0) is 0 Å². The Bertz CT molecular complexity index is 1020. The molecule has 4 aromatic rings. The summed E-state index contributed by atoms with van der Waals surface area (Å²) in [4.78, 5) is 13.2. The Kier molecular flexibility index (Phi) is 5.07. The summed E-state index contributed by atoms with van der Waals surface area (Å²) in [5.74, 6) is 0.0226. The second-order valence-corrected chi connectivity index (χ2v) is 6.92. The standard InChI is InChI=1S/C21H16N4OS/c26-19(16-10-4-1-5-11-16)20(17-12-6-2-7-13-17)27-21-22-23-24-25(21)18-14-8-3-9-15-18/h1-15,20H. The van der Waals surface area contributed by atoms with Gasteiger partial charge in [0.05, 0.1) is 5.69 Å². The van der Waals surface area contributed by atoms with E-state index in [9.17, 15) is 4.79 Å². The van der Waals surface area contributed by atoms with Gasteiger partial charge in [0.2, 0.25) is 5.16 Å². The van der Waals surface area contributed by atoms with Gasteiger partial charge >= 0.3 is 0 Å². The zero-order valence-electron chi connectivity index (χ0n) is 14.3. The molecule has 1 unspecified atom stereocenters. The van der Waals surface area contributed by atoms with Gasteiger partial charge in [-0.1, -0.05) is 90.6 Å². The lowest BCUT2D eigenvalue weighted by Gasteiger charge is -2.15. The third-order valence-electron chi connectivity index (χ3n) is 4.06. The van der Waals surface area contributed by atoms with E-state index >= 15 is 0 Å². The highest BCUT2D eigenvalue weighted by molar-refractivity contribution is 8.00. The zero-order valence-corrected chi connectivity index (χ0v) is 15.2. The van der Waals surface area contributed by atoms with E-state index in [1.54, 1.807) is 4.68 Å². The lowest BCUT2D eigenvalue weighted by Crippen LogP contribution is -2.11. The molecule has 5 nitrogen and oxygen atoms in total. The number of hydrogen-bond acceptors (Lipinski definition) is 5. The van der Waals surface area contributed by atoms with Gasteiger partial charge in [-0.25, -0.2) is 0 Å². The molecule has 1 aromatic heterocycles. The SMILES string of the molecule is O=C(c1ccccc1)C(Sc1nnnn1-c1ccccc1)c1ccccc1. The predicted octanol–water partition coefficient (Wildman–Crippen LogP) is 4.38. The van der Waals surface area contributed by atoms with Gasteiger partial charge in [-0.2, -0.15) is 4.68 Å². The first-order chi connectivity index (χ1) is 13.3. The quantitative estimate of drug-likeness (QED) is 0.371. The zero-order chi connectivity index (χ0) is 18.5. The number of carbonyl (C=O) groups excluding carboxylic acids is 1. The van der Waals surface area contributed by atoms with Gasteiger partial charge in [-0.3, -0.25) is 4.79 Å². The Labute approximate surface area is 161 Å². The smallest absolute Gasteiger partial charge is 0.215 e. The molecule has 4 rings (SSSR count). The molecule has 1 atom stereocenters. The number of nitrogens with zero attached hydrogens (tertiary/aromatic N) is 4. The summed E-state index contributed by atoms with van der Waals surface area (Å²) in [7, 11) is 0. The second-order valence-electron chi connectivity index (χ2n) is 5.85. The first kappa shape index (κ1) is 17.2. The summed E-state index contributed by atoms with van der Waals surface area (Å²) >= 11 is 1.35. The van der Waals surface area contributed by atoms with E-state index in [2.05, 4.69) is 15.5 Å². The molecular weight excluding hydrogens is 356 g/mol. The number of thioether (sulfide) groups is 1. The first-order valence-corrected chi connectivity index (χ1v) is 9.35. The third-order valence-corrected chi connectivity index (χ3v) is 5.25. The van der Waals surface area contributed by atoms with Crippen LogP contribution in [0.2, 0.25) is 0 Å². The van der Waals surface area contributed by atoms with Crippen LogP contribution in [-0.4, -0.2) is 26.0 Å². The number of ketones is 1. The Balaban J connectivity index is 1.71. The molecule has 0 saturated heterocycles. The van der Waals surface area contributed by atoms with Gasteiger partial charge in [0.1, 0.15) is 5.25 Å². The van der Waals surface area contributed by atoms with Crippen LogP contribution in [0.5, 0.6) is 0 Å². The van der Waals surface area contributed by atoms with Gasteiger partial charge in [0.25, 0.3) is 0 Å². The van der Waals surface area contributed by atoms with E-state index in [1.165, 1.54) is 11.8 Å². The second kappa shape index (κ2) is 7.97. The highest BCUT2D eigenvalue weighted by Gasteiger charge is 2.26. The molecule has 0 aliphatic rings. The number of aromatic nitrogens is 4. The van der Waals surface area contributed by atoms with E-state index in [0.29, 0.717) is 10.7 Å². The highest BCUT2D eigenvalue weighted by atomic mass is 32.2. The Morgan fingerprint density at radius 3 is 2.07 bits per heavy atom. The maximum atomic E-state index is 13.2. The summed E-state index contributed by atoms with van der Waals surface area (Å²) in [5.41, 5.74) is 2.43. The average molecular weight is 372 g/mol. The van der Waals surface area contributed by atoms with Crippen molar-refractivity contribution in [1.29, 1.82) is 0 Å². The van der Waals surface area contributed by atoms with Crippen molar-refractivity contribution in [1.82, 2.24) is 20.2 Å². The Morgan fingerprint density at radius 1 is 0.815 bits per heavy atom. The van der Waals surface area contributed by atoms with Crippen LogP contribution in [0.1, 0.15) is 21.2 Å². The third kappa shape index (κ3) is 3.80. The van der Waals surface area contributed by atoms with Gasteiger partial charge < -0.3 is 0 Å². The fourth-order valence-corrected chi connectivity index (χ4v) is 3.82. The lowest BCUT2D eigenvalue weighted by atomic mass is 10.0. The summed E-state index contributed by atoms with van der Waals surface area (Å²) in [5, 5.41) is 12.2. The van der Waals surface area contributed by atoms with Crippen LogP contribution in [0.15, 0.2) is 96.2 Å². The van der Waals surface area contributed by atoms with Gasteiger partial charge in [-0.15, -0.1) is 5.10 Å². The maximum absolute atomic E-state index is 13.2. The van der Waals surface area contributed by atoms with Crippen molar-refractivity contribution in [3.63, 3.8) is 0 Å². The molecule has 0 spiro atoms. The number of hydrogen-bond donors (Lipinski definition) is 0. The minimum atomic E-state index is -0.443. The molecule has 27 heavy (non-hydrogen) atoms. The summed E-state index contributed by atoms with van der Waals surface area (Å²) < 4.78 is 1.65. The van der Waals surface area contributed by atoms with Crippen molar-refractivity contribution in [3.05, 3.63) is 102 Å². The number of carbonyl (C=O) groups is 1. The summed E-state index contributed by atoms with van der Waals surface area (Å²) in [6.07, 6.45) is 0. The molecule has 3 aromatic carbocycles. The van der Waals surface area contributed by atoms with Gasteiger partial charge in [0.15, 0.2) is 5.78 Å². The number of Topliss-reactive ketones (excluding diaryl/α,β-unsaturated/α-hetero) is 1. The fourth-order valence-electron chi connectivity index (χ4n) is 2.74. The summed E-state index contributed by atoms with van der Waals surface area (Å²) in [6.45, 7) is 0. The molecule has 0 aliphatic heterocycles. The van der Waals surface area contributed by atoms with Crippen LogP contribution in [0.4, 0.5) is 0 Å². The van der Waals surface area contributed by atoms with Crippen LogP contribution in [0.3, 0.4) is 0 Å². The molecule has 0 radical (unpaired) electrons. The minimum Gasteiger partial charge on any atom is -0.293 e. The molecule has 0 fully saturated rings. The van der Waals surface area contributed by atoms with Crippen molar-refractivity contribution < 1.29 is 4.79 Å². The monoisotopic (exact) mass is 372 g/mol. The van der Waals surface area contributed by atoms with Crippen LogP contribution < -0.4 is 0 Å². The maximum Gasteiger partial charge on any atom is 0.215 e. The predicted molar refractivity (Wildman–Crippen MR) is 105 cm³/mol. The topological polar surface area (TPSA) is 60.7 Å². The van der Waals surface area contributed by atoms with Crippen molar-refractivity contribution >= 4 is 17.5 Å². The Hall–Kier alpha value is -3.25. The number of benzene rings is 3. The molecular formula is C21H16N4OS.